The Morgan fingerprint density at radius 2 is 1.20 bits per heavy atom. The molecule has 2 aromatic rings. The van der Waals surface area contributed by atoms with Crippen molar-refractivity contribution in [3.05, 3.63) is 59.7 Å². The molecule has 2 aromatic carbocycles. The van der Waals surface area contributed by atoms with Gasteiger partial charge in [-0.15, -0.1) is 0 Å². The molecule has 0 unspecified atom stereocenters. The number of nitrogens with zero attached hydrogens (tertiary/aromatic N) is 2. The minimum absolute atomic E-state index is 0.0587. The lowest BCUT2D eigenvalue weighted by Gasteiger charge is -2.15. The average Bonchev–Trinajstić information content (AvgIpc) is 2.48. The lowest BCUT2D eigenvalue weighted by atomic mass is 9.91. The molecule has 98 valence electrons. The van der Waals surface area contributed by atoms with Gasteiger partial charge in [0, 0.05) is 5.92 Å². The predicted octanol–water partition coefficient (Wildman–Crippen LogP) is 3.77. The van der Waals surface area contributed by atoms with Gasteiger partial charge in [0.15, 0.2) is 0 Å². The summed E-state index contributed by atoms with van der Waals surface area (Å²) in [6.45, 7) is 1.97. The van der Waals surface area contributed by atoms with E-state index in [-0.39, 0.29) is 5.92 Å². The maximum absolute atomic E-state index is 10.5. The van der Waals surface area contributed by atoms with Gasteiger partial charge in [-0.1, -0.05) is 43.3 Å². The fourth-order valence-electron chi connectivity index (χ4n) is 2.18. The van der Waals surface area contributed by atoms with Gasteiger partial charge in [0.1, 0.15) is 0 Å². The van der Waals surface area contributed by atoms with Gasteiger partial charge < -0.3 is 0 Å². The molecule has 0 aromatic heterocycles. The third kappa shape index (κ3) is 2.78. The van der Waals surface area contributed by atoms with Crippen LogP contribution in [0.25, 0.3) is 0 Å². The molecule has 0 atom stereocenters. The van der Waals surface area contributed by atoms with Gasteiger partial charge in [0.25, 0.3) is 0 Å². The Kier molecular flexibility index (Phi) is 4.35. The summed E-state index contributed by atoms with van der Waals surface area (Å²) in [7, 11) is 0. The summed E-state index contributed by atoms with van der Waals surface area (Å²) in [6, 6.07) is 14.7. The molecule has 20 heavy (non-hydrogen) atoms. The zero-order chi connectivity index (χ0) is 14.4. The molecule has 4 nitrogen and oxygen atoms in total. The zero-order valence-electron chi connectivity index (χ0n) is 10.9. The first kappa shape index (κ1) is 13.6. The van der Waals surface area contributed by atoms with Crippen LogP contribution in [0.3, 0.4) is 0 Å². The molecule has 0 aliphatic rings. The minimum Gasteiger partial charge on any atom is -0.211 e. The van der Waals surface area contributed by atoms with Crippen LogP contribution >= 0.6 is 0 Å². The Morgan fingerprint density at radius 1 is 0.800 bits per heavy atom. The topological polar surface area (TPSA) is 58.9 Å². The highest BCUT2D eigenvalue weighted by molar-refractivity contribution is 5.61. The molecule has 2 rings (SSSR count). The first-order chi connectivity index (χ1) is 9.77. The molecular formula is C16H12N2O2. The van der Waals surface area contributed by atoms with Crippen LogP contribution in [0.2, 0.25) is 0 Å². The van der Waals surface area contributed by atoms with Gasteiger partial charge in [0.2, 0.25) is 12.2 Å². The second kappa shape index (κ2) is 6.39. The van der Waals surface area contributed by atoms with Crippen molar-refractivity contribution in [1.82, 2.24) is 0 Å². The van der Waals surface area contributed by atoms with Gasteiger partial charge in [-0.25, -0.2) is 9.59 Å². The van der Waals surface area contributed by atoms with Crippen LogP contribution in [-0.4, -0.2) is 12.2 Å². The summed E-state index contributed by atoms with van der Waals surface area (Å²) in [5.41, 5.74) is 2.90. The highest BCUT2D eigenvalue weighted by Gasteiger charge is 2.15. The van der Waals surface area contributed by atoms with Gasteiger partial charge in [-0.3, -0.25) is 0 Å². The minimum atomic E-state index is -0.0587. The molecule has 0 heterocycles. The Labute approximate surface area is 116 Å². The Balaban J connectivity index is 2.54. The van der Waals surface area contributed by atoms with E-state index >= 15 is 0 Å². The molecule has 0 fully saturated rings. The smallest absolute Gasteiger partial charge is 0.211 e. The van der Waals surface area contributed by atoms with E-state index in [0.717, 1.165) is 11.1 Å². The molecule has 0 bridgehead atoms. The number of benzene rings is 2. The number of hydrogen-bond donors (Lipinski definition) is 0. The van der Waals surface area contributed by atoms with Crippen LogP contribution < -0.4 is 0 Å². The van der Waals surface area contributed by atoms with E-state index in [9.17, 15) is 9.59 Å². The fourth-order valence-corrected chi connectivity index (χ4v) is 2.18. The maximum atomic E-state index is 10.5. The van der Waals surface area contributed by atoms with Gasteiger partial charge >= 0.3 is 0 Å². The van der Waals surface area contributed by atoms with Crippen molar-refractivity contribution in [3.63, 3.8) is 0 Å². The summed E-state index contributed by atoms with van der Waals surface area (Å²) in [5, 5.41) is 0. The van der Waals surface area contributed by atoms with Crippen molar-refractivity contribution in [3.8, 4) is 0 Å². The molecule has 0 aliphatic carbocycles. The van der Waals surface area contributed by atoms with Gasteiger partial charge in [-0.05, 0) is 23.3 Å². The number of aliphatic imine (C=N–C) groups is 2. The SMILES string of the molecule is CC(c1ccccc1N=C=O)c1ccccc1N=C=O. The number of rotatable bonds is 4. The van der Waals surface area contributed by atoms with Crippen LogP contribution in [0.15, 0.2) is 58.5 Å². The van der Waals surface area contributed by atoms with E-state index in [0.29, 0.717) is 11.4 Å². The monoisotopic (exact) mass is 264 g/mol. The summed E-state index contributed by atoms with van der Waals surface area (Å²) in [5.74, 6) is -0.0587. The Morgan fingerprint density at radius 3 is 1.60 bits per heavy atom. The van der Waals surface area contributed by atoms with E-state index in [1.807, 2.05) is 43.3 Å². The largest absolute Gasteiger partial charge is 0.240 e. The fraction of sp³-hybridized carbons (Fsp3) is 0.125. The summed E-state index contributed by atoms with van der Waals surface area (Å²) in [4.78, 5) is 28.4. The van der Waals surface area contributed by atoms with Crippen LogP contribution in [-0.2, 0) is 9.59 Å². The van der Waals surface area contributed by atoms with E-state index in [1.165, 1.54) is 0 Å². The summed E-state index contributed by atoms with van der Waals surface area (Å²) >= 11 is 0. The van der Waals surface area contributed by atoms with E-state index < -0.39 is 0 Å². The average molecular weight is 264 g/mol. The first-order valence-electron chi connectivity index (χ1n) is 6.11. The van der Waals surface area contributed by atoms with E-state index in [4.69, 9.17) is 0 Å². The number of isocyanates is 2. The second-order valence-corrected chi connectivity index (χ2v) is 4.25. The van der Waals surface area contributed by atoms with Crippen molar-refractivity contribution >= 4 is 23.5 Å². The molecule has 0 radical (unpaired) electrons. The van der Waals surface area contributed by atoms with Crippen LogP contribution in [0, 0.1) is 0 Å². The quantitative estimate of drug-likeness (QED) is 0.623. The van der Waals surface area contributed by atoms with E-state index in [1.54, 1.807) is 24.3 Å². The van der Waals surface area contributed by atoms with Crippen molar-refractivity contribution < 1.29 is 9.59 Å². The lowest BCUT2D eigenvalue weighted by molar-refractivity contribution is 0.564. The van der Waals surface area contributed by atoms with Crippen molar-refractivity contribution in [2.24, 2.45) is 9.98 Å². The molecule has 0 amide bonds. The zero-order valence-corrected chi connectivity index (χ0v) is 10.9. The molecule has 0 aliphatic heterocycles. The molecule has 0 N–H and O–H groups in total. The van der Waals surface area contributed by atoms with Crippen molar-refractivity contribution in [1.29, 1.82) is 0 Å². The van der Waals surface area contributed by atoms with Crippen LogP contribution in [0.1, 0.15) is 24.0 Å². The van der Waals surface area contributed by atoms with Gasteiger partial charge in [-0.2, -0.15) is 9.98 Å². The standard InChI is InChI=1S/C16H12N2O2/c1-12(13-6-2-4-8-15(13)17-10-19)14-7-3-5-9-16(14)18-11-20/h2-9,12H,1H3. The number of hydrogen-bond acceptors (Lipinski definition) is 4. The highest BCUT2D eigenvalue weighted by Crippen LogP contribution is 2.35. The van der Waals surface area contributed by atoms with E-state index in [2.05, 4.69) is 9.98 Å². The second-order valence-electron chi connectivity index (χ2n) is 4.25. The number of carbonyl (C=O) groups excluding carboxylic acids is 2. The molecule has 0 saturated heterocycles. The maximum Gasteiger partial charge on any atom is 0.240 e. The highest BCUT2D eigenvalue weighted by atomic mass is 16.1. The van der Waals surface area contributed by atoms with Crippen molar-refractivity contribution in [2.45, 2.75) is 12.8 Å². The Bertz CT molecular complexity index is 650. The molecule has 0 spiro atoms. The first-order valence-corrected chi connectivity index (χ1v) is 6.11. The third-order valence-electron chi connectivity index (χ3n) is 3.14. The third-order valence-corrected chi connectivity index (χ3v) is 3.14. The van der Waals surface area contributed by atoms with Gasteiger partial charge in [0.05, 0.1) is 11.4 Å². The van der Waals surface area contributed by atoms with Crippen LogP contribution in [0.4, 0.5) is 11.4 Å². The van der Waals surface area contributed by atoms with Crippen LogP contribution in [0.5, 0.6) is 0 Å². The number of para-hydroxylation sites is 2. The molecular weight excluding hydrogens is 252 g/mol. The predicted molar refractivity (Wildman–Crippen MR) is 76.0 cm³/mol. The molecule has 4 heteroatoms. The van der Waals surface area contributed by atoms with Crippen molar-refractivity contribution in [2.75, 3.05) is 0 Å². The normalized spacial score (nSPS) is 11.1. The molecule has 0 saturated carbocycles. The summed E-state index contributed by atoms with van der Waals surface area (Å²) in [6.07, 6.45) is 3.12. The lowest BCUT2D eigenvalue weighted by Crippen LogP contribution is -1.97. The Hall–Kier alpha value is -2.80. The summed E-state index contributed by atoms with van der Waals surface area (Å²) < 4.78 is 0.